The van der Waals surface area contributed by atoms with E-state index in [1.165, 1.54) is 10.6 Å². The quantitative estimate of drug-likeness (QED) is 0.301. The molecule has 6 rings (SSSR count). The summed E-state index contributed by atoms with van der Waals surface area (Å²) < 4.78 is 1.50. The maximum atomic E-state index is 14.2. The van der Waals surface area contributed by atoms with E-state index in [0.29, 0.717) is 69.7 Å². The predicted molar refractivity (Wildman–Crippen MR) is 171 cm³/mol. The third kappa shape index (κ3) is 4.96. The van der Waals surface area contributed by atoms with E-state index in [4.69, 9.17) is 28.2 Å². The second-order valence-electron chi connectivity index (χ2n) is 11.2. The summed E-state index contributed by atoms with van der Waals surface area (Å²) in [7, 11) is 0. The van der Waals surface area contributed by atoms with Crippen molar-refractivity contribution in [2.24, 2.45) is 0 Å². The van der Waals surface area contributed by atoms with Crippen molar-refractivity contribution in [2.45, 2.75) is 39.2 Å². The van der Waals surface area contributed by atoms with Crippen LogP contribution in [-0.2, 0) is 16.0 Å². The van der Waals surface area contributed by atoms with Gasteiger partial charge in [0.2, 0.25) is 11.8 Å². The minimum Gasteiger partial charge on any atom is -0.350 e. The normalized spacial score (nSPS) is 16.5. The molecule has 1 saturated heterocycles. The highest BCUT2D eigenvalue weighted by Crippen LogP contribution is 2.41. The van der Waals surface area contributed by atoms with Gasteiger partial charge in [0.1, 0.15) is 5.82 Å². The summed E-state index contributed by atoms with van der Waals surface area (Å²) in [5.74, 6) is 0.0451. The van der Waals surface area contributed by atoms with Crippen LogP contribution in [0.25, 0.3) is 28.0 Å². The van der Waals surface area contributed by atoms with Crippen LogP contribution in [0.5, 0.6) is 0 Å². The molecule has 220 valence electrons. The van der Waals surface area contributed by atoms with Crippen LogP contribution in [0.3, 0.4) is 0 Å². The number of carbonyl (C=O) groups is 2. The first kappa shape index (κ1) is 28.9. The molecule has 1 fully saturated rings. The van der Waals surface area contributed by atoms with E-state index in [0.717, 1.165) is 5.56 Å². The predicted octanol–water partition coefficient (Wildman–Crippen LogP) is 5.60. The van der Waals surface area contributed by atoms with Gasteiger partial charge in [-0.1, -0.05) is 67.9 Å². The zero-order valence-corrected chi connectivity index (χ0v) is 25.5. The smallest absolute Gasteiger partial charge is 0.350 e. The number of carbonyl (C=O) groups excluding carboxylic acids is 2. The summed E-state index contributed by atoms with van der Waals surface area (Å²) >= 11 is 13.7. The lowest BCUT2D eigenvalue weighted by atomic mass is 9.95. The van der Waals surface area contributed by atoms with Crippen LogP contribution in [0.15, 0.2) is 59.9 Å². The molecule has 2 aliphatic rings. The fourth-order valence-corrected chi connectivity index (χ4v) is 6.54. The number of piperazine rings is 1. The highest BCUT2D eigenvalue weighted by atomic mass is 35.5. The number of anilines is 2. The van der Waals surface area contributed by atoms with Gasteiger partial charge in [0, 0.05) is 31.2 Å². The van der Waals surface area contributed by atoms with Crippen molar-refractivity contribution < 1.29 is 9.59 Å². The van der Waals surface area contributed by atoms with Crippen LogP contribution in [0.1, 0.15) is 37.8 Å². The number of benzene rings is 2. The second-order valence-corrected chi connectivity index (χ2v) is 12.0. The van der Waals surface area contributed by atoms with E-state index < -0.39 is 5.69 Å². The summed E-state index contributed by atoms with van der Waals surface area (Å²) in [5, 5.41) is 4.19. The Morgan fingerprint density at radius 3 is 2.58 bits per heavy atom. The minimum atomic E-state index is -0.534. The van der Waals surface area contributed by atoms with Gasteiger partial charge in [-0.2, -0.15) is 4.98 Å². The Balaban J connectivity index is 1.70. The zero-order valence-electron chi connectivity index (χ0n) is 24.0. The number of nitrogens with one attached hydrogen (secondary N) is 1. The highest BCUT2D eigenvalue weighted by molar-refractivity contribution is 6.37. The van der Waals surface area contributed by atoms with Crippen molar-refractivity contribution in [3.63, 3.8) is 0 Å². The molecule has 0 spiro atoms. The van der Waals surface area contributed by atoms with E-state index in [1.807, 2.05) is 43.9 Å². The molecule has 2 aliphatic heterocycles. The van der Waals surface area contributed by atoms with Crippen molar-refractivity contribution in [1.82, 2.24) is 19.4 Å². The maximum Gasteiger partial charge on any atom is 0.355 e. The number of pyridine rings is 1. The van der Waals surface area contributed by atoms with Gasteiger partial charge in [0.15, 0.2) is 5.65 Å². The van der Waals surface area contributed by atoms with Gasteiger partial charge in [-0.25, -0.2) is 14.3 Å². The van der Waals surface area contributed by atoms with Crippen molar-refractivity contribution in [3.05, 3.63) is 86.8 Å². The molecule has 1 atom stereocenters. The first-order valence-electron chi connectivity index (χ1n) is 14.1. The third-order valence-electron chi connectivity index (χ3n) is 8.06. The number of fused-ring (bicyclic) bond motifs is 5. The summed E-state index contributed by atoms with van der Waals surface area (Å²) in [5.41, 5.74) is 3.19. The molecule has 0 radical (unpaired) electrons. The van der Waals surface area contributed by atoms with E-state index >= 15 is 0 Å². The number of halogens is 2. The molecule has 4 heterocycles. The first-order valence-corrected chi connectivity index (χ1v) is 14.9. The number of amides is 2. The molecular formula is C32H30Cl2N6O3. The lowest BCUT2D eigenvalue weighted by molar-refractivity contribution is -0.126. The molecule has 2 bridgehead atoms. The number of rotatable bonds is 3. The molecule has 11 heteroatoms. The van der Waals surface area contributed by atoms with Crippen LogP contribution in [0, 0.1) is 0 Å². The summed E-state index contributed by atoms with van der Waals surface area (Å²) in [6.07, 6.45) is 1.32. The summed E-state index contributed by atoms with van der Waals surface area (Å²) in [4.78, 5) is 53.3. The topological polar surface area (TPSA) is 100 Å². The van der Waals surface area contributed by atoms with Gasteiger partial charge < -0.3 is 15.1 Å². The Hall–Kier alpha value is -4.21. The molecule has 4 aromatic rings. The average Bonchev–Trinajstić information content (AvgIpc) is 2.98. The van der Waals surface area contributed by atoms with E-state index in [-0.39, 0.29) is 35.2 Å². The van der Waals surface area contributed by atoms with Gasteiger partial charge in [-0.05, 0) is 48.2 Å². The molecular weight excluding hydrogens is 587 g/mol. The highest BCUT2D eigenvalue weighted by Gasteiger charge is 2.31. The second kappa shape index (κ2) is 11.1. The molecule has 2 amide bonds. The standard InChI is InChI=1S/C32H30Cl2N6O3/c1-5-26(42)38-12-13-39(18(4)16-38)30-21-15-23(34)28-27-22(33)10-7-11-24(27)35-25(41)14-19-8-6-9-20(17(2)3)29(19)40(31(21)36-28)32(43)37-30/h5-11,15,17-18H,1,12-14,16H2,2-4H3,(H,35,41)/t18-/m0/s1. The number of para-hydroxylation sites is 1. The third-order valence-corrected chi connectivity index (χ3v) is 8.66. The first-order chi connectivity index (χ1) is 20.6. The van der Waals surface area contributed by atoms with Crippen molar-refractivity contribution in [3.8, 4) is 16.9 Å². The number of hydrogen-bond donors (Lipinski definition) is 1. The van der Waals surface area contributed by atoms with E-state index in [9.17, 15) is 14.4 Å². The van der Waals surface area contributed by atoms with Crippen LogP contribution in [0.4, 0.5) is 11.5 Å². The molecule has 2 aromatic carbocycles. The number of nitrogens with zero attached hydrogens (tertiary/aromatic N) is 5. The molecule has 2 aromatic heterocycles. The monoisotopic (exact) mass is 616 g/mol. The Labute approximate surface area is 258 Å². The van der Waals surface area contributed by atoms with Crippen molar-refractivity contribution in [1.29, 1.82) is 0 Å². The maximum absolute atomic E-state index is 14.2. The molecule has 0 saturated carbocycles. The zero-order chi connectivity index (χ0) is 30.6. The van der Waals surface area contributed by atoms with Crippen LogP contribution in [0.2, 0.25) is 10.0 Å². The fraction of sp³-hybridized carbons (Fsp3) is 0.281. The summed E-state index contributed by atoms with van der Waals surface area (Å²) in [6.45, 7) is 11.0. The Morgan fingerprint density at radius 2 is 1.86 bits per heavy atom. The molecule has 43 heavy (non-hydrogen) atoms. The SMILES string of the molecule is C=CC(=O)N1CCN(c2nc(=O)n3c4nc(c(Cl)cc24)-c2c(Cl)cccc2NC(=O)Cc2cccc(C(C)C)c2-3)[C@@H](C)C1. The Kier molecular flexibility index (Phi) is 7.48. The van der Waals surface area contributed by atoms with Crippen molar-refractivity contribution in [2.75, 3.05) is 29.9 Å². The lowest BCUT2D eigenvalue weighted by Gasteiger charge is -2.40. The minimum absolute atomic E-state index is 0.0115. The van der Waals surface area contributed by atoms with Crippen LogP contribution >= 0.6 is 23.2 Å². The van der Waals surface area contributed by atoms with Gasteiger partial charge in [-0.3, -0.25) is 9.59 Å². The van der Waals surface area contributed by atoms with E-state index in [1.54, 1.807) is 29.2 Å². The average molecular weight is 618 g/mol. The van der Waals surface area contributed by atoms with Gasteiger partial charge in [-0.15, -0.1) is 0 Å². The van der Waals surface area contributed by atoms with Gasteiger partial charge >= 0.3 is 5.69 Å². The number of aromatic nitrogens is 3. The summed E-state index contributed by atoms with van der Waals surface area (Å²) in [6, 6.07) is 12.5. The van der Waals surface area contributed by atoms with Crippen LogP contribution in [-0.4, -0.2) is 56.9 Å². The van der Waals surface area contributed by atoms with Gasteiger partial charge in [0.25, 0.3) is 0 Å². The molecule has 9 nitrogen and oxygen atoms in total. The Bertz CT molecular complexity index is 1890. The molecule has 0 aliphatic carbocycles. The van der Waals surface area contributed by atoms with Crippen molar-refractivity contribution >= 4 is 57.6 Å². The lowest BCUT2D eigenvalue weighted by Crippen LogP contribution is -2.54. The molecule has 0 unspecified atom stereocenters. The van der Waals surface area contributed by atoms with E-state index in [2.05, 4.69) is 16.9 Å². The number of hydrogen-bond acceptors (Lipinski definition) is 6. The molecule has 1 N–H and O–H groups in total. The fourth-order valence-electron chi connectivity index (χ4n) is 6.03. The Morgan fingerprint density at radius 1 is 1.09 bits per heavy atom. The van der Waals surface area contributed by atoms with Crippen LogP contribution < -0.4 is 15.9 Å². The largest absolute Gasteiger partial charge is 0.355 e. The van der Waals surface area contributed by atoms with Gasteiger partial charge in [0.05, 0.1) is 38.9 Å².